The molecule has 1 saturated heterocycles. The van der Waals surface area contributed by atoms with Crippen molar-refractivity contribution in [3.05, 3.63) is 29.5 Å². The second kappa shape index (κ2) is 10.3. The molecule has 0 amide bonds. The predicted molar refractivity (Wildman–Crippen MR) is 115 cm³/mol. The molecule has 10 heteroatoms. The van der Waals surface area contributed by atoms with Gasteiger partial charge in [0, 0.05) is 10.9 Å². The third-order valence-corrected chi connectivity index (χ3v) is 5.95. The van der Waals surface area contributed by atoms with E-state index in [4.69, 9.17) is 9.47 Å². The van der Waals surface area contributed by atoms with Crippen LogP contribution in [0.15, 0.2) is 18.2 Å². The van der Waals surface area contributed by atoms with Gasteiger partial charge in [-0.05, 0) is 56.5 Å². The molecule has 1 aromatic heterocycles. The van der Waals surface area contributed by atoms with E-state index >= 15 is 0 Å². The topological polar surface area (TPSA) is 164 Å². The van der Waals surface area contributed by atoms with Crippen molar-refractivity contribution in [2.24, 2.45) is 5.92 Å². The lowest BCUT2D eigenvalue weighted by Gasteiger charge is -2.22. The smallest absolute Gasteiger partial charge is 0.343 e. The van der Waals surface area contributed by atoms with E-state index in [9.17, 15) is 30.3 Å². The second-order valence-corrected chi connectivity index (χ2v) is 8.40. The van der Waals surface area contributed by atoms with Gasteiger partial charge in [0.1, 0.15) is 12.2 Å². The zero-order valence-electron chi connectivity index (χ0n) is 18.2. The zero-order chi connectivity index (χ0) is 23.5. The number of hydrogen-bond acceptors (Lipinski definition) is 9. The number of aryl methyl sites for hydroxylation is 1. The van der Waals surface area contributed by atoms with Crippen molar-refractivity contribution in [2.75, 3.05) is 20.2 Å². The van der Waals surface area contributed by atoms with E-state index in [2.05, 4.69) is 17.2 Å². The van der Waals surface area contributed by atoms with Crippen LogP contribution >= 0.6 is 0 Å². The van der Waals surface area contributed by atoms with Gasteiger partial charge in [0.2, 0.25) is 5.79 Å². The normalized spacial score (nSPS) is 26.5. The number of aromatic amines is 1. The Kier molecular flexibility index (Phi) is 7.88. The summed E-state index contributed by atoms with van der Waals surface area (Å²) in [6, 6.07) is 5.69. The number of H-pyrrole nitrogens is 1. The van der Waals surface area contributed by atoms with E-state index in [-0.39, 0.29) is 11.4 Å². The molecule has 1 aliphatic heterocycles. The standard InChI is InChI=1S/C22H32N2O8/c1-12(7-8-23-2)3-4-13-5-6-15-14(9-13)18(16(10-25)24-15)31-21(29)19-17(27)20(28)22(30,11-26)32-19/h5-6,9,12,17,19-20,23-28,30H,3-4,7-8,10-11H2,1-2H3. The zero-order valence-corrected chi connectivity index (χ0v) is 18.2. The van der Waals surface area contributed by atoms with Crippen molar-refractivity contribution in [1.82, 2.24) is 10.3 Å². The number of aliphatic hydroxyl groups is 5. The Hall–Kier alpha value is -2.05. The van der Waals surface area contributed by atoms with E-state index in [0.29, 0.717) is 16.8 Å². The van der Waals surface area contributed by atoms with Gasteiger partial charge < -0.3 is 45.3 Å². The SMILES string of the molecule is CNCCC(C)CCc1ccc2[nH]c(CO)c(OC(=O)C3OC(O)(CO)C(O)C3O)c2c1. The number of aliphatic hydroxyl groups excluding tert-OH is 4. The van der Waals surface area contributed by atoms with Gasteiger partial charge in [-0.15, -0.1) is 0 Å². The molecule has 3 rings (SSSR count). The first kappa shape index (κ1) is 24.6. The maximum absolute atomic E-state index is 12.7. The largest absolute Gasteiger partial charge is 0.422 e. The van der Waals surface area contributed by atoms with Gasteiger partial charge in [-0.2, -0.15) is 0 Å². The van der Waals surface area contributed by atoms with Crippen molar-refractivity contribution in [3.8, 4) is 5.75 Å². The quantitative estimate of drug-likeness (QED) is 0.236. The molecule has 10 nitrogen and oxygen atoms in total. The molecule has 7 N–H and O–H groups in total. The summed E-state index contributed by atoms with van der Waals surface area (Å²) in [6.07, 6.45) is -2.52. The van der Waals surface area contributed by atoms with Crippen LogP contribution in [0.1, 0.15) is 31.0 Å². The molecule has 2 aromatic rings. The highest BCUT2D eigenvalue weighted by Gasteiger charge is 2.56. The van der Waals surface area contributed by atoms with E-state index in [1.165, 1.54) is 0 Å². The fourth-order valence-electron chi connectivity index (χ4n) is 3.87. The van der Waals surface area contributed by atoms with Crippen LogP contribution in [-0.4, -0.2) is 80.8 Å². The first-order valence-electron chi connectivity index (χ1n) is 10.7. The Morgan fingerprint density at radius 3 is 2.69 bits per heavy atom. The number of fused-ring (bicyclic) bond motifs is 1. The van der Waals surface area contributed by atoms with Gasteiger partial charge in [0.05, 0.1) is 18.9 Å². The minimum absolute atomic E-state index is 0.0855. The number of hydrogen-bond donors (Lipinski definition) is 7. The molecule has 0 bridgehead atoms. The fourth-order valence-corrected chi connectivity index (χ4v) is 3.87. The van der Waals surface area contributed by atoms with Gasteiger partial charge in [-0.3, -0.25) is 0 Å². The molecule has 1 aliphatic rings. The van der Waals surface area contributed by atoms with Crippen LogP contribution in [0.25, 0.3) is 10.9 Å². The van der Waals surface area contributed by atoms with E-state index in [1.807, 2.05) is 25.2 Å². The molecule has 1 aromatic carbocycles. The summed E-state index contributed by atoms with van der Waals surface area (Å²) >= 11 is 0. The Labute approximate surface area is 185 Å². The highest BCUT2D eigenvalue weighted by atomic mass is 16.7. The average Bonchev–Trinajstić information content (AvgIpc) is 3.26. The number of esters is 1. The predicted octanol–water partition coefficient (Wildman–Crippen LogP) is -0.455. The second-order valence-electron chi connectivity index (χ2n) is 8.40. The summed E-state index contributed by atoms with van der Waals surface area (Å²) in [5, 5.41) is 52.6. The van der Waals surface area contributed by atoms with Crippen molar-refractivity contribution < 1.29 is 39.8 Å². The maximum atomic E-state index is 12.7. The number of carbonyl (C=O) groups excluding carboxylic acids is 1. The van der Waals surface area contributed by atoms with Crippen LogP contribution in [0.5, 0.6) is 5.75 Å². The molecule has 0 saturated carbocycles. The molecule has 5 atom stereocenters. The molecule has 178 valence electrons. The Morgan fingerprint density at radius 2 is 2.06 bits per heavy atom. The Morgan fingerprint density at radius 1 is 1.31 bits per heavy atom. The lowest BCUT2D eigenvalue weighted by Crippen LogP contribution is -2.46. The number of benzene rings is 1. The third kappa shape index (κ3) is 4.96. The van der Waals surface area contributed by atoms with Crippen LogP contribution < -0.4 is 10.1 Å². The maximum Gasteiger partial charge on any atom is 0.343 e. The lowest BCUT2D eigenvalue weighted by molar-refractivity contribution is -0.246. The van der Waals surface area contributed by atoms with Gasteiger partial charge in [0.15, 0.2) is 11.9 Å². The summed E-state index contributed by atoms with van der Waals surface area (Å²) in [7, 11) is 1.93. The van der Waals surface area contributed by atoms with Crippen LogP contribution in [0, 0.1) is 5.92 Å². The van der Waals surface area contributed by atoms with Crippen LogP contribution in [0.2, 0.25) is 0 Å². The van der Waals surface area contributed by atoms with Crippen molar-refractivity contribution >= 4 is 16.9 Å². The number of nitrogens with one attached hydrogen (secondary N) is 2. The van der Waals surface area contributed by atoms with Crippen molar-refractivity contribution in [3.63, 3.8) is 0 Å². The molecule has 0 radical (unpaired) electrons. The van der Waals surface area contributed by atoms with Gasteiger partial charge in [0.25, 0.3) is 0 Å². The van der Waals surface area contributed by atoms with Crippen molar-refractivity contribution in [1.29, 1.82) is 0 Å². The first-order chi connectivity index (χ1) is 15.2. The van der Waals surface area contributed by atoms with E-state index < -0.39 is 43.3 Å². The lowest BCUT2D eigenvalue weighted by atomic mass is 9.97. The van der Waals surface area contributed by atoms with Gasteiger partial charge in [-0.25, -0.2) is 4.79 Å². The highest BCUT2D eigenvalue weighted by molar-refractivity contribution is 5.91. The van der Waals surface area contributed by atoms with Crippen molar-refractivity contribution in [2.45, 2.75) is 56.9 Å². The van der Waals surface area contributed by atoms with E-state index in [0.717, 1.165) is 31.4 Å². The molecular formula is C22H32N2O8. The number of carbonyl (C=O) groups is 1. The van der Waals surface area contributed by atoms with Crippen LogP contribution in [-0.2, 0) is 22.6 Å². The van der Waals surface area contributed by atoms with Crippen LogP contribution in [0.3, 0.4) is 0 Å². The molecule has 0 aliphatic carbocycles. The number of ether oxygens (including phenoxy) is 2. The molecule has 5 unspecified atom stereocenters. The number of aromatic nitrogens is 1. The molecule has 1 fully saturated rings. The third-order valence-electron chi connectivity index (χ3n) is 5.95. The van der Waals surface area contributed by atoms with E-state index in [1.54, 1.807) is 0 Å². The highest BCUT2D eigenvalue weighted by Crippen LogP contribution is 2.34. The molecule has 32 heavy (non-hydrogen) atoms. The molecule has 2 heterocycles. The van der Waals surface area contributed by atoms with Gasteiger partial charge >= 0.3 is 5.97 Å². The van der Waals surface area contributed by atoms with Gasteiger partial charge in [-0.1, -0.05) is 13.0 Å². The monoisotopic (exact) mass is 452 g/mol. The minimum atomic E-state index is -2.47. The minimum Gasteiger partial charge on any atom is -0.422 e. The average molecular weight is 453 g/mol. The summed E-state index contributed by atoms with van der Waals surface area (Å²) in [4.78, 5) is 15.7. The van der Waals surface area contributed by atoms with Crippen LogP contribution in [0.4, 0.5) is 0 Å². The molecule has 0 spiro atoms. The number of rotatable bonds is 10. The summed E-state index contributed by atoms with van der Waals surface area (Å²) in [5.74, 6) is -2.92. The first-order valence-corrected chi connectivity index (χ1v) is 10.7. The summed E-state index contributed by atoms with van der Waals surface area (Å²) < 4.78 is 10.4. The Bertz CT molecular complexity index is 932. The Balaban J connectivity index is 1.80. The summed E-state index contributed by atoms with van der Waals surface area (Å²) in [6.45, 7) is 1.70. The summed E-state index contributed by atoms with van der Waals surface area (Å²) in [5.41, 5.74) is 1.96. The molecular weight excluding hydrogens is 420 g/mol. The fraction of sp³-hybridized carbons (Fsp3) is 0.591.